The zero-order valence-corrected chi connectivity index (χ0v) is 11.1. The van der Waals surface area contributed by atoms with E-state index in [1.165, 1.54) is 0 Å². The summed E-state index contributed by atoms with van der Waals surface area (Å²) in [5, 5.41) is 13.0. The molecule has 2 rings (SSSR count). The molecule has 0 aliphatic carbocycles. The van der Waals surface area contributed by atoms with Gasteiger partial charge in [-0.3, -0.25) is 9.59 Å². The van der Waals surface area contributed by atoms with Gasteiger partial charge in [0.2, 0.25) is 0 Å². The Kier molecular flexibility index (Phi) is 3.60. The van der Waals surface area contributed by atoms with E-state index in [2.05, 4.69) is 9.59 Å². The number of amides is 1. The number of aromatic nitrogens is 2. The molecule has 1 aliphatic rings. The Morgan fingerprint density at radius 2 is 2.22 bits per heavy atom. The molecule has 1 aromatic rings. The van der Waals surface area contributed by atoms with Gasteiger partial charge in [-0.15, -0.1) is 5.10 Å². The average Bonchev–Trinajstić information content (AvgIpc) is 2.93. The highest BCUT2D eigenvalue weighted by atomic mass is 32.1. The van der Waals surface area contributed by atoms with Crippen molar-refractivity contribution in [1.82, 2.24) is 14.5 Å². The van der Waals surface area contributed by atoms with E-state index in [-0.39, 0.29) is 18.4 Å². The fourth-order valence-electron chi connectivity index (χ4n) is 2.20. The summed E-state index contributed by atoms with van der Waals surface area (Å²) in [7, 11) is 0. The van der Waals surface area contributed by atoms with Gasteiger partial charge in [0.25, 0.3) is 5.91 Å². The number of nitrogens with zero attached hydrogens (tertiary/aromatic N) is 3. The number of hydrogen-bond donors (Lipinski definition) is 1. The van der Waals surface area contributed by atoms with E-state index in [1.807, 2.05) is 13.8 Å². The van der Waals surface area contributed by atoms with Gasteiger partial charge in [0.05, 0.1) is 11.6 Å². The molecule has 0 radical (unpaired) electrons. The molecule has 0 aromatic carbocycles. The van der Waals surface area contributed by atoms with Crippen molar-refractivity contribution in [3.05, 3.63) is 10.6 Å². The molecule has 1 N–H and O–H groups in total. The summed E-state index contributed by atoms with van der Waals surface area (Å²) in [4.78, 5) is 25.4. The smallest absolute Gasteiger partial charge is 0.308 e. The average molecular weight is 269 g/mol. The molecule has 1 fully saturated rings. The zero-order valence-electron chi connectivity index (χ0n) is 10.3. The molecule has 7 heteroatoms. The summed E-state index contributed by atoms with van der Waals surface area (Å²) in [5.74, 6) is -1.47. The van der Waals surface area contributed by atoms with Crippen molar-refractivity contribution in [2.75, 3.05) is 13.1 Å². The minimum Gasteiger partial charge on any atom is -0.481 e. The van der Waals surface area contributed by atoms with Crippen LogP contribution in [0.25, 0.3) is 0 Å². The first kappa shape index (κ1) is 12.9. The number of carbonyl (C=O) groups excluding carboxylic acids is 1. The third kappa shape index (κ3) is 2.22. The summed E-state index contributed by atoms with van der Waals surface area (Å²) in [6.07, 6.45) is 0.656. The number of hydrogen-bond acceptors (Lipinski definition) is 5. The third-order valence-corrected chi connectivity index (χ3v) is 4.06. The monoisotopic (exact) mass is 269 g/mol. The molecular formula is C11H15N3O3S. The van der Waals surface area contributed by atoms with Gasteiger partial charge in [-0.1, -0.05) is 18.3 Å². The summed E-state index contributed by atoms with van der Waals surface area (Å²) in [5.41, 5.74) is 0.691. The Morgan fingerprint density at radius 1 is 1.50 bits per heavy atom. The lowest BCUT2D eigenvalue weighted by Gasteiger charge is -2.14. The SMILES string of the molecule is CCc1nnsc1C(=O)N1C[C@@H](C)[C@H](C(=O)O)C1. The Morgan fingerprint density at radius 3 is 2.78 bits per heavy atom. The molecule has 98 valence electrons. The highest BCUT2D eigenvalue weighted by Crippen LogP contribution is 2.26. The van der Waals surface area contributed by atoms with Crippen LogP contribution in [0.3, 0.4) is 0 Å². The van der Waals surface area contributed by atoms with Crippen molar-refractivity contribution in [2.45, 2.75) is 20.3 Å². The van der Waals surface area contributed by atoms with E-state index in [0.717, 1.165) is 11.5 Å². The van der Waals surface area contributed by atoms with Gasteiger partial charge in [-0.05, 0) is 23.9 Å². The largest absolute Gasteiger partial charge is 0.481 e. The van der Waals surface area contributed by atoms with Crippen LogP contribution < -0.4 is 0 Å². The van der Waals surface area contributed by atoms with E-state index in [1.54, 1.807) is 4.90 Å². The summed E-state index contributed by atoms with van der Waals surface area (Å²) < 4.78 is 3.79. The predicted molar refractivity (Wildman–Crippen MR) is 65.5 cm³/mol. The van der Waals surface area contributed by atoms with Crippen molar-refractivity contribution in [3.63, 3.8) is 0 Å². The topological polar surface area (TPSA) is 83.4 Å². The molecule has 0 spiro atoms. The van der Waals surface area contributed by atoms with Crippen LogP contribution in [0.5, 0.6) is 0 Å². The fourth-order valence-corrected chi connectivity index (χ4v) is 2.92. The molecule has 0 saturated carbocycles. The first-order valence-corrected chi connectivity index (χ1v) is 6.65. The van der Waals surface area contributed by atoms with Gasteiger partial charge < -0.3 is 10.0 Å². The van der Waals surface area contributed by atoms with E-state index in [4.69, 9.17) is 5.11 Å². The minimum atomic E-state index is -0.837. The Hall–Kier alpha value is -1.50. The van der Waals surface area contributed by atoms with Crippen LogP contribution in [0.2, 0.25) is 0 Å². The van der Waals surface area contributed by atoms with Crippen molar-refractivity contribution < 1.29 is 14.7 Å². The zero-order chi connectivity index (χ0) is 13.3. The second-order valence-electron chi connectivity index (χ2n) is 4.53. The number of aryl methyl sites for hydroxylation is 1. The van der Waals surface area contributed by atoms with Gasteiger partial charge in [-0.25, -0.2) is 0 Å². The standard InChI is InChI=1S/C11H15N3O3S/c1-3-8-9(18-13-12-8)10(15)14-4-6(2)7(5-14)11(16)17/h6-7H,3-5H2,1-2H3,(H,16,17)/t6-,7-/m1/s1. The quantitative estimate of drug-likeness (QED) is 0.881. The van der Waals surface area contributed by atoms with E-state index >= 15 is 0 Å². The molecular weight excluding hydrogens is 254 g/mol. The molecule has 2 atom stereocenters. The fraction of sp³-hybridized carbons (Fsp3) is 0.636. The molecule has 6 nitrogen and oxygen atoms in total. The molecule has 0 bridgehead atoms. The van der Waals surface area contributed by atoms with Crippen molar-refractivity contribution >= 4 is 23.4 Å². The number of aliphatic carboxylic acids is 1. The predicted octanol–water partition coefficient (Wildman–Crippen LogP) is 0.893. The lowest BCUT2D eigenvalue weighted by molar-refractivity contribution is -0.142. The third-order valence-electron chi connectivity index (χ3n) is 3.30. The number of carboxylic acid groups (broad SMARTS) is 1. The van der Waals surface area contributed by atoms with Crippen LogP contribution in [-0.4, -0.2) is 44.6 Å². The van der Waals surface area contributed by atoms with Crippen LogP contribution in [0.15, 0.2) is 0 Å². The lowest BCUT2D eigenvalue weighted by atomic mass is 9.99. The summed E-state index contributed by atoms with van der Waals surface area (Å²) in [6.45, 7) is 4.53. The van der Waals surface area contributed by atoms with E-state index in [0.29, 0.717) is 23.5 Å². The van der Waals surface area contributed by atoms with Crippen molar-refractivity contribution in [2.24, 2.45) is 11.8 Å². The highest BCUT2D eigenvalue weighted by molar-refractivity contribution is 7.08. The van der Waals surface area contributed by atoms with Gasteiger partial charge in [0.15, 0.2) is 0 Å². The van der Waals surface area contributed by atoms with Crippen molar-refractivity contribution in [3.8, 4) is 0 Å². The van der Waals surface area contributed by atoms with Crippen LogP contribution in [0.1, 0.15) is 29.2 Å². The number of rotatable bonds is 3. The van der Waals surface area contributed by atoms with Gasteiger partial charge >= 0.3 is 5.97 Å². The van der Waals surface area contributed by atoms with Gasteiger partial charge in [0.1, 0.15) is 4.88 Å². The first-order chi connectivity index (χ1) is 8.54. The number of carbonyl (C=O) groups is 2. The van der Waals surface area contributed by atoms with Crippen LogP contribution in [0, 0.1) is 11.8 Å². The second kappa shape index (κ2) is 5.01. The minimum absolute atomic E-state index is 0.0163. The second-order valence-corrected chi connectivity index (χ2v) is 5.29. The maximum Gasteiger partial charge on any atom is 0.308 e. The Bertz CT molecular complexity index is 474. The molecule has 18 heavy (non-hydrogen) atoms. The Labute approximate surface area is 109 Å². The first-order valence-electron chi connectivity index (χ1n) is 5.87. The van der Waals surface area contributed by atoms with E-state index in [9.17, 15) is 9.59 Å². The normalized spacial score (nSPS) is 23.3. The van der Waals surface area contributed by atoms with Crippen LogP contribution >= 0.6 is 11.5 Å². The van der Waals surface area contributed by atoms with Gasteiger partial charge in [0, 0.05) is 13.1 Å². The molecule has 1 saturated heterocycles. The molecule has 1 aromatic heterocycles. The molecule has 1 aliphatic heterocycles. The van der Waals surface area contributed by atoms with Crippen molar-refractivity contribution in [1.29, 1.82) is 0 Å². The molecule has 0 unspecified atom stereocenters. The van der Waals surface area contributed by atoms with E-state index < -0.39 is 11.9 Å². The number of likely N-dealkylation sites (tertiary alicyclic amines) is 1. The summed E-state index contributed by atoms with van der Waals surface area (Å²) >= 11 is 1.08. The van der Waals surface area contributed by atoms with Crippen LogP contribution in [-0.2, 0) is 11.2 Å². The number of carboxylic acids is 1. The maximum absolute atomic E-state index is 12.3. The van der Waals surface area contributed by atoms with Crippen LogP contribution in [0.4, 0.5) is 0 Å². The molecule has 2 heterocycles. The molecule has 1 amide bonds. The maximum atomic E-state index is 12.3. The highest BCUT2D eigenvalue weighted by Gasteiger charge is 2.38. The summed E-state index contributed by atoms with van der Waals surface area (Å²) in [6, 6.07) is 0. The van der Waals surface area contributed by atoms with Gasteiger partial charge in [-0.2, -0.15) is 0 Å². The lowest BCUT2D eigenvalue weighted by Crippen LogP contribution is -2.30. The Balaban J connectivity index is 2.14.